The molecule has 2 atom stereocenters. The average molecular weight is 183 g/mol. The number of urea groups is 1. The molecule has 13 heavy (non-hydrogen) atoms. The summed E-state index contributed by atoms with van der Waals surface area (Å²) in [6, 6.07) is -0.512. The summed E-state index contributed by atoms with van der Waals surface area (Å²) in [6.07, 6.45) is 5.46. The zero-order valence-corrected chi connectivity index (χ0v) is 8.23. The number of amides is 2. The summed E-state index contributed by atoms with van der Waals surface area (Å²) < 4.78 is 0. The molecule has 74 valence electrons. The number of nitrogens with two attached hydrogens (primary N) is 1. The van der Waals surface area contributed by atoms with Crippen LogP contribution in [0.3, 0.4) is 0 Å². The first-order valence-corrected chi connectivity index (χ1v) is 4.67. The lowest BCUT2D eigenvalue weighted by Crippen LogP contribution is -2.27. The van der Waals surface area contributed by atoms with Crippen molar-refractivity contribution in [2.45, 2.75) is 26.2 Å². The van der Waals surface area contributed by atoms with Gasteiger partial charge in [0.1, 0.15) is 0 Å². The van der Waals surface area contributed by atoms with Gasteiger partial charge >= 0.3 is 6.03 Å². The van der Waals surface area contributed by atoms with Crippen molar-refractivity contribution in [1.82, 2.24) is 5.01 Å². The first kappa shape index (κ1) is 10.0. The third-order valence-electron chi connectivity index (χ3n) is 2.51. The van der Waals surface area contributed by atoms with Gasteiger partial charge in [0, 0.05) is 13.3 Å². The van der Waals surface area contributed by atoms with E-state index in [2.05, 4.69) is 12.0 Å². The fourth-order valence-electron chi connectivity index (χ4n) is 1.64. The molecule has 4 heteroatoms. The van der Waals surface area contributed by atoms with Gasteiger partial charge < -0.3 is 5.73 Å². The minimum absolute atomic E-state index is 0.512. The highest BCUT2D eigenvalue weighted by Crippen LogP contribution is 2.28. The maximum atomic E-state index is 10.6. The number of primary amides is 1. The van der Waals surface area contributed by atoms with Crippen LogP contribution in [0.5, 0.6) is 0 Å². The largest absolute Gasteiger partial charge is 0.350 e. The SMILES string of the molecule is CC1CCC(/C=N/N(C)C(N)=O)C1. The van der Waals surface area contributed by atoms with Crippen molar-refractivity contribution in [2.75, 3.05) is 7.05 Å². The standard InChI is InChI=1S/C9H17N3O/c1-7-3-4-8(5-7)6-11-12(2)9(10)13/h6-8H,3-5H2,1-2H3,(H2,10,13)/b11-6+. The predicted molar refractivity (Wildman–Crippen MR) is 52.3 cm³/mol. The molecule has 1 rings (SSSR count). The summed E-state index contributed by atoms with van der Waals surface area (Å²) in [5.41, 5.74) is 5.02. The van der Waals surface area contributed by atoms with Crippen LogP contribution in [0.1, 0.15) is 26.2 Å². The Hall–Kier alpha value is -1.06. The predicted octanol–water partition coefficient (Wildman–Crippen LogP) is 1.42. The maximum absolute atomic E-state index is 10.6. The van der Waals surface area contributed by atoms with Crippen molar-refractivity contribution in [2.24, 2.45) is 22.7 Å². The van der Waals surface area contributed by atoms with Crippen LogP contribution >= 0.6 is 0 Å². The Morgan fingerprint density at radius 2 is 2.31 bits per heavy atom. The molecule has 0 bridgehead atoms. The highest BCUT2D eigenvalue weighted by atomic mass is 16.2. The van der Waals surface area contributed by atoms with Crippen molar-refractivity contribution in [3.63, 3.8) is 0 Å². The van der Waals surface area contributed by atoms with E-state index in [0.29, 0.717) is 5.92 Å². The second kappa shape index (κ2) is 4.25. The highest BCUT2D eigenvalue weighted by molar-refractivity contribution is 5.73. The molecular weight excluding hydrogens is 166 g/mol. The van der Waals surface area contributed by atoms with Crippen LogP contribution in [-0.2, 0) is 0 Å². The first-order valence-electron chi connectivity index (χ1n) is 4.67. The molecule has 1 fully saturated rings. The van der Waals surface area contributed by atoms with E-state index in [0.717, 1.165) is 5.92 Å². The lowest BCUT2D eigenvalue weighted by molar-refractivity contribution is 0.220. The Balaban J connectivity index is 2.35. The number of hydrogen-bond donors (Lipinski definition) is 1. The maximum Gasteiger partial charge on any atom is 0.334 e. The molecule has 0 saturated heterocycles. The van der Waals surface area contributed by atoms with Gasteiger partial charge in [-0.05, 0) is 24.7 Å². The monoisotopic (exact) mass is 183 g/mol. The minimum atomic E-state index is -0.512. The molecule has 2 amide bonds. The molecule has 1 saturated carbocycles. The van der Waals surface area contributed by atoms with Crippen molar-refractivity contribution < 1.29 is 4.79 Å². The third-order valence-corrected chi connectivity index (χ3v) is 2.51. The molecule has 1 aliphatic rings. The summed E-state index contributed by atoms with van der Waals surface area (Å²) in [5.74, 6) is 1.31. The smallest absolute Gasteiger partial charge is 0.334 e. The molecule has 0 spiro atoms. The van der Waals surface area contributed by atoms with Gasteiger partial charge in [0.15, 0.2) is 0 Å². The van der Waals surface area contributed by atoms with E-state index in [9.17, 15) is 4.79 Å². The van der Waals surface area contributed by atoms with Gasteiger partial charge in [0.05, 0.1) is 0 Å². The van der Waals surface area contributed by atoms with Gasteiger partial charge in [-0.1, -0.05) is 13.3 Å². The lowest BCUT2D eigenvalue weighted by atomic mass is 10.1. The molecule has 0 heterocycles. The number of carbonyl (C=O) groups is 1. The second-order valence-electron chi connectivity index (χ2n) is 3.80. The zero-order chi connectivity index (χ0) is 9.84. The van der Waals surface area contributed by atoms with Gasteiger partial charge in [-0.15, -0.1) is 0 Å². The van der Waals surface area contributed by atoms with Gasteiger partial charge in [-0.2, -0.15) is 5.10 Å². The van der Waals surface area contributed by atoms with E-state index in [1.165, 1.54) is 24.3 Å². The van der Waals surface area contributed by atoms with Gasteiger partial charge in [-0.3, -0.25) is 0 Å². The summed E-state index contributed by atoms with van der Waals surface area (Å²) in [5, 5.41) is 5.14. The second-order valence-corrected chi connectivity index (χ2v) is 3.80. The van der Waals surface area contributed by atoms with E-state index < -0.39 is 6.03 Å². The van der Waals surface area contributed by atoms with Crippen molar-refractivity contribution >= 4 is 12.2 Å². The average Bonchev–Trinajstić information content (AvgIpc) is 2.47. The zero-order valence-electron chi connectivity index (χ0n) is 8.23. The fraction of sp³-hybridized carbons (Fsp3) is 0.778. The Labute approximate surface area is 78.8 Å². The van der Waals surface area contributed by atoms with E-state index in [-0.39, 0.29) is 0 Å². The molecule has 0 aromatic heterocycles. The van der Waals surface area contributed by atoms with Gasteiger partial charge in [0.25, 0.3) is 0 Å². The van der Waals surface area contributed by atoms with Gasteiger partial charge in [-0.25, -0.2) is 9.80 Å². The van der Waals surface area contributed by atoms with E-state index in [4.69, 9.17) is 5.73 Å². The summed E-state index contributed by atoms with van der Waals surface area (Å²) in [4.78, 5) is 10.6. The molecule has 0 aromatic rings. The highest BCUT2D eigenvalue weighted by Gasteiger charge is 2.19. The van der Waals surface area contributed by atoms with E-state index in [1.807, 2.05) is 6.21 Å². The molecule has 2 N–H and O–H groups in total. The first-order chi connectivity index (χ1) is 6.09. The number of nitrogens with zero attached hydrogens (tertiary/aromatic N) is 2. The third kappa shape index (κ3) is 3.05. The fourth-order valence-corrected chi connectivity index (χ4v) is 1.64. The lowest BCUT2D eigenvalue weighted by Gasteiger charge is -2.07. The van der Waals surface area contributed by atoms with Crippen LogP contribution in [0.4, 0.5) is 4.79 Å². The molecule has 2 unspecified atom stereocenters. The van der Waals surface area contributed by atoms with Crippen LogP contribution in [0.2, 0.25) is 0 Å². The molecule has 1 aliphatic carbocycles. The Morgan fingerprint density at radius 1 is 1.62 bits per heavy atom. The Kier molecular flexibility index (Phi) is 3.28. The number of rotatable bonds is 2. The van der Waals surface area contributed by atoms with Crippen LogP contribution < -0.4 is 5.73 Å². The summed E-state index contributed by atoms with van der Waals surface area (Å²) in [7, 11) is 1.57. The molecule has 0 aromatic carbocycles. The van der Waals surface area contributed by atoms with Crippen molar-refractivity contribution in [3.05, 3.63) is 0 Å². The molecule has 0 radical (unpaired) electrons. The summed E-state index contributed by atoms with van der Waals surface area (Å²) in [6.45, 7) is 2.24. The topological polar surface area (TPSA) is 58.7 Å². The molecular formula is C9H17N3O. The number of carbonyl (C=O) groups excluding carboxylic acids is 1. The Bertz CT molecular complexity index is 215. The van der Waals surface area contributed by atoms with Crippen molar-refractivity contribution in [1.29, 1.82) is 0 Å². The molecule has 4 nitrogen and oxygen atoms in total. The normalized spacial score (nSPS) is 28.2. The Morgan fingerprint density at radius 3 is 2.77 bits per heavy atom. The van der Waals surface area contributed by atoms with Crippen LogP contribution in [-0.4, -0.2) is 24.3 Å². The van der Waals surface area contributed by atoms with Crippen molar-refractivity contribution in [3.8, 4) is 0 Å². The minimum Gasteiger partial charge on any atom is -0.350 e. The van der Waals surface area contributed by atoms with Crippen LogP contribution in [0, 0.1) is 11.8 Å². The summed E-state index contributed by atoms with van der Waals surface area (Å²) >= 11 is 0. The van der Waals surface area contributed by atoms with Gasteiger partial charge in [0.2, 0.25) is 0 Å². The van der Waals surface area contributed by atoms with Crippen LogP contribution in [0.15, 0.2) is 5.10 Å². The molecule has 0 aliphatic heterocycles. The van der Waals surface area contributed by atoms with E-state index in [1.54, 1.807) is 7.05 Å². The number of hydrazone groups is 1. The van der Waals surface area contributed by atoms with Crippen LogP contribution in [0.25, 0.3) is 0 Å². The van der Waals surface area contributed by atoms with E-state index >= 15 is 0 Å². The number of hydrogen-bond acceptors (Lipinski definition) is 2. The quantitative estimate of drug-likeness (QED) is 0.511.